The SMILES string of the molecule is COc1nc(O[C@H]2C[C@@H](n3ccc4c(C)ncnc43)[C@@H]3OC(C)(C)O[C@@H]32)c2c(c1F)CCN(C(=O)OC(C)(C)C)C2. The highest BCUT2D eigenvalue weighted by Gasteiger charge is 2.56. The molecule has 2 fully saturated rings. The Hall–Kier alpha value is -3.51. The summed E-state index contributed by atoms with van der Waals surface area (Å²) in [6.07, 6.45) is 2.66. The normalized spacial score (nSPS) is 25.2. The molecule has 3 aromatic heterocycles. The second-order valence-corrected chi connectivity index (χ2v) is 12.3. The van der Waals surface area contributed by atoms with Crippen LogP contribution in [0.1, 0.15) is 63.9 Å². The summed E-state index contributed by atoms with van der Waals surface area (Å²) in [4.78, 5) is 27.7. The van der Waals surface area contributed by atoms with E-state index in [1.54, 1.807) is 11.2 Å². The Kier molecular flexibility index (Phi) is 6.61. The number of methoxy groups -OCH3 is 1. The summed E-state index contributed by atoms with van der Waals surface area (Å²) in [5.74, 6) is -1.32. The first kappa shape index (κ1) is 27.6. The smallest absolute Gasteiger partial charge is 0.410 e. The minimum atomic E-state index is -0.829. The lowest BCUT2D eigenvalue weighted by Gasteiger charge is -2.32. The molecule has 3 aliphatic rings. The van der Waals surface area contributed by atoms with Crippen LogP contribution in [0.5, 0.6) is 11.8 Å². The summed E-state index contributed by atoms with van der Waals surface area (Å²) < 4.78 is 47.6. The zero-order valence-corrected chi connectivity index (χ0v) is 24.4. The van der Waals surface area contributed by atoms with Gasteiger partial charge in [-0.1, -0.05) is 0 Å². The van der Waals surface area contributed by atoms with Crippen molar-refractivity contribution in [3.63, 3.8) is 0 Å². The van der Waals surface area contributed by atoms with Crippen molar-refractivity contribution >= 4 is 17.1 Å². The molecule has 1 saturated carbocycles. The van der Waals surface area contributed by atoms with Gasteiger partial charge in [-0.15, -0.1) is 0 Å². The lowest BCUT2D eigenvalue weighted by molar-refractivity contribution is -0.164. The molecule has 11 nitrogen and oxygen atoms in total. The molecular weight excluding hydrogens is 533 g/mol. The van der Waals surface area contributed by atoms with Crippen molar-refractivity contribution in [3.05, 3.63) is 41.2 Å². The third-order valence-corrected chi connectivity index (χ3v) is 7.82. The second kappa shape index (κ2) is 9.80. The third-order valence-electron chi connectivity index (χ3n) is 7.82. The van der Waals surface area contributed by atoms with Gasteiger partial charge in [0, 0.05) is 35.7 Å². The zero-order chi connectivity index (χ0) is 29.3. The van der Waals surface area contributed by atoms with Crippen LogP contribution < -0.4 is 9.47 Å². The molecule has 1 saturated heterocycles. The molecule has 2 aliphatic heterocycles. The average Bonchev–Trinajstić information content (AvgIpc) is 3.56. The highest BCUT2D eigenvalue weighted by molar-refractivity contribution is 5.78. The molecule has 220 valence electrons. The number of nitrogens with zero attached hydrogens (tertiary/aromatic N) is 5. The Morgan fingerprint density at radius 2 is 1.90 bits per heavy atom. The number of ether oxygens (including phenoxy) is 5. The number of fused-ring (bicyclic) bond motifs is 3. The van der Waals surface area contributed by atoms with Gasteiger partial charge in [0.15, 0.2) is 11.6 Å². The predicted molar refractivity (Wildman–Crippen MR) is 145 cm³/mol. The van der Waals surface area contributed by atoms with Crippen LogP contribution in [0.3, 0.4) is 0 Å². The summed E-state index contributed by atoms with van der Waals surface area (Å²) in [6.45, 7) is 11.5. The topological polar surface area (TPSA) is 110 Å². The van der Waals surface area contributed by atoms with Crippen LogP contribution in [0.4, 0.5) is 9.18 Å². The van der Waals surface area contributed by atoms with Crippen LogP contribution >= 0.6 is 0 Å². The summed E-state index contributed by atoms with van der Waals surface area (Å²) in [6, 6.07) is 1.86. The van der Waals surface area contributed by atoms with Crippen molar-refractivity contribution in [2.45, 2.75) is 96.7 Å². The van der Waals surface area contributed by atoms with E-state index in [2.05, 4.69) is 19.5 Å². The maximum absolute atomic E-state index is 15.4. The minimum Gasteiger partial charge on any atom is -0.479 e. The van der Waals surface area contributed by atoms with E-state index in [1.165, 1.54) is 7.11 Å². The molecule has 0 N–H and O–H groups in total. The van der Waals surface area contributed by atoms with Crippen LogP contribution in [-0.2, 0) is 27.2 Å². The molecule has 0 aromatic carbocycles. The molecule has 1 amide bonds. The summed E-state index contributed by atoms with van der Waals surface area (Å²) in [5, 5.41) is 0.966. The van der Waals surface area contributed by atoms with E-state index in [4.69, 9.17) is 23.7 Å². The Labute approximate surface area is 237 Å². The first-order valence-electron chi connectivity index (χ1n) is 13.9. The molecule has 0 unspecified atom stereocenters. The van der Waals surface area contributed by atoms with Crippen molar-refractivity contribution in [2.75, 3.05) is 13.7 Å². The summed E-state index contributed by atoms with van der Waals surface area (Å²) >= 11 is 0. The number of carbonyl (C=O) groups excluding carboxylic acids is 1. The molecule has 4 atom stereocenters. The first-order valence-corrected chi connectivity index (χ1v) is 13.9. The van der Waals surface area contributed by atoms with Crippen molar-refractivity contribution in [3.8, 4) is 11.8 Å². The zero-order valence-electron chi connectivity index (χ0n) is 24.4. The number of aromatic nitrogens is 4. The van der Waals surface area contributed by atoms with Gasteiger partial charge in [0.2, 0.25) is 5.88 Å². The Morgan fingerprint density at radius 3 is 2.63 bits per heavy atom. The number of carbonyl (C=O) groups is 1. The van der Waals surface area contributed by atoms with Gasteiger partial charge in [-0.2, -0.15) is 4.98 Å². The molecule has 6 rings (SSSR count). The summed E-state index contributed by atoms with van der Waals surface area (Å²) in [5.41, 5.74) is 1.96. The fourth-order valence-corrected chi connectivity index (χ4v) is 6.06. The van der Waals surface area contributed by atoms with Gasteiger partial charge in [0.25, 0.3) is 5.88 Å². The molecule has 3 aromatic rings. The second-order valence-electron chi connectivity index (χ2n) is 12.3. The summed E-state index contributed by atoms with van der Waals surface area (Å²) in [7, 11) is 1.37. The van der Waals surface area contributed by atoms with Gasteiger partial charge >= 0.3 is 6.09 Å². The number of hydrogen-bond donors (Lipinski definition) is 0. The maximum Gasteiger partial charge on any atom is 0.410 e. The van der Waals surface area contributed by atoms with Gasteiger partial charge < -0.3 is 33.2 Å². The van der Waals surface area contributed by atoms with Crippen molar-refractivity contribution in [2.24, 2.45) is 0 Å². The van der Waals surface area contributed by atoms with E-state index in [9.17, 15) is 4.79 Å². The van der Waals surface area contributed by atoms with E-state index in [0.717, 1.165) is 16.7 Å². The number of pyridine rings is 1. The lowest BCUT2D eigenvalue weighted by atomic mass is 10.0. The minimum absolute atomic E-state index is 0.0963. The standard InChI is InChI=1S/C29H36FN5O6/c1-15-16-9-11-35(24(16)32-14-31-15)19-12-20(23-22(19)39-29(5,6)40-23)38-25-18-13-34(27(36)41-28(2,3)4)10-8-17(18)21(30)26(33-25)37-7/h9,11,14,19-20,22-23H,8,10,12-13H2,1-7H3/t19-,20+,22+,23-/m1/s1. The quantitative estimate of drug-likeness (QED) is 0.449. The van der Waals surface area contributed by atoms with Crippen LogP contribution in [0, 0.1) is 12.7 Å². The van der Waals surface area contributed by atoms with E-state index in [1.807, 2.05) is 53.8 Å². The number of aryl methyl sites for hydroxylation is 1. The molecule has 1 aliphatic carbocycles. The van der Waals surface area contributed by atoms with Crippen LogP contribution in [-0.4, -0.2) is 73.9 Å². The third kappa shape index (κ3) is 4.97. The number of halogens is 1. The molecule has 5 heterocycles. The monoisotopic (exact) mass is 569 g/mol. The highest BCUT2D eigenvalue weighted by Crippen LogP contribution is 2.47. The molecule has 0 radical (unpaired) electrons. The molecule has 0 spiro atoms. The van der Waals surface area contributed by atoms with Gasteiger partial charge in [-0.3, -0.25) is 0 Å². The predicted octanol–water partition coefficient (Wildman–Crippen LogP) is 4.49. The van der Waals surface area contributed by atoms with Crippen LogP contribution in [0.25, 0.3) is 11.0 Å². The Morgan fingerprint density at radius 1 is 1.15 bits per heavy atom. The largest absolute Gasteiger partial charge is 0.479 e. The van der Waals surface area contributed by atoms with Gasteiger partial charge in [-0.25, -0.2) is 19.2 Å². The van der Waals surface area contributed by atoms with Crippen molar-refractivity contribution in [1.82, 2.24) is 24.4 Å². The van der Waals surface area contributed by atoms with Gasteiger partial charge in [-0.05, 0) is 54.0 Å². The first-order chi connectivity index (χ1) is 19.3. The van der Waals surface area contributed by atoms with E-state index in [-0.39, 0.29) is 36.9 Å². The van der Waals surface area contributed by atoms with E-state index in [0.29, 0.717) is 24.1 Å². The fourth-order valence-electron chi connectivity index (χ4n) is 6.06. The molecule has 12 heteroatoms. The number of rotatable bonds is 4. The van der Waals surface area contributed by atoms with Crippen LogP contribution in [0.15, 0.2) is 18.6 Å². The molecule has 41 heavy (non-hydrogen) atoms. The van der Waals surface area contributed by atoms with Crippen molar-refractivity contribution in [1.29, 1.82) is 0 Å². The maximum atomic E-state index is 15.4. The number of hydrogen-bond acceptors (Lipinski definition) is 9. The Balaban J connectivity index is 1.35. The van der Waals surface area contributed by atoms with Gasteiger partial charge in [0.1, 0.15) is 35.9 Å². The average molecular weight is 570 g/mol. The van der Waals surface area contributed by atoms with Crippen molar-refractivity contribution < 1.29 is 32.9 Å². The van der Waals surface area contributed by atoms with Crippen LogP contribution in [0.2, 0.25) is 0 Å². The lowest BCUT2D eigenvalue weighted by Crippen LogP contribution is -2.41. The van der Waals surface area contributed by atoms with Gasteiger partial charge in [0.05, 0.1) is 25.4 Å². The molecule has 0 bridgehead atoms. The number of amides is 1. The highest BCUT2D eigenvalue weighted by atomic mass is 19.1. The van der Waals surface area contributed by atoms with E-state index >= 15 is 4.39 Å². The Bertz CT molecular complexity index is 1500. The molecular formula is C29H36FN5O6. The van der Waals surface area contributed by atoms with E-state index < -0.39 is 35.5 Å². The fraction of sp³-hybridized carbons (Fsp3) is 0.586.